The number of hydrogen-bond acceptors (Lipinski definition) is 4. The van der Waals surface area contributed by atoms with E-state index in [4.69, 9.17) is 0 Å². The fraction of sp³-hybridized carbons (Fsp3) is 0.160. The maximum atomic E-state index is 13.1. The summed E-state index contributed by atoms with van der Waals surface area (Å²) in [6.45, 7) is 4.05. The van der Waals surface area contributed by atoms with Crippen molar-refractivity contribution in [3.8, 4) is 0 Å². The fourth-order valence-electron chi connectivity index (χ4n) is 3.84. The standard InChI is InChI=1S/C25H22N2O3/c1-16-10-11-17(2)20(13-16)23(28)21-22(19-9-6-12-26-14-19)27(25(30)24(21)29)15-18-7-4-3-5-8-18/h3-14,22,28H,15H2,1-2H3. The molecule has 5 nitrogen and oxygen atoms in total. The number of aryl methyl sites for hydroxylation is 2. The molecule has 1 saturated heterocycles. The molecule has 3 aromatic rings. The van der Waals surface area contributed by atoms with Crippen molar-refractivity contribution >= 4 is 17.4 Å². The maximum Gasteiger partial charge on any atom is 0.295 e. The molecule has 1 unspecified atom stereocenters. The molecule has 1 aliphatic rings. The lowest BCUT2D eigenvalue weighted by molar-refractivity contribution is -0.140. The van der Waals surface area contributed by atoms with Crippen LogP contribution in [-0.2, 0) is 16.1 Å². The molecule has 1 fully saturated rings. The molecule has 0 saturated carbocycles. The van der Waals surface area contributed by atoms with Crippen LogP contribution in [0.3, 0.4) is 0 Å². The number of ketones is 1. The summed E-state index contributed by atoms with van der Waals surface area (Å²) >= 11 is 0. The molecular formula is C25H22N2O3. The maximum absolute atomic E-state index is 13.1. The molecule has 0 radical (unpaired) electrons. The van der Waals surface area contributed by atoms with Gasteiger partial charge in [-0.3, -0.25) is 14.6 Å². The van der Waals surface area contributed by atoms with Gasteiger partial charge in [-0.15, -0.1) is 0 Å². The van der Waals surface area contributed by atoms with Gasteiger partial charge in [-0.25, -0.2) is 0 Å². The Kier molecular flexibility index (Phi) is 5.19. The van der Waals surface area contributed by atoms with Crippen molar-refractivity contribution in [3.05, 3.63) is 106 Å². The first-order valence-electron chi connectivity index (χ1n) is 9.77. The number of aromatic nitrogens is 1. The second kappa shape index (κ2) is 7.95. The number of hydrogen-bond donors (Lipinski definition) is 1. The molecule has 0 spiro atoms. The van der Waals surface area contributed by atoms with Crippen molar-refractivity contribution in [1.82, 2.24) is 9.88 Å². The zero-order valence-corrected chi connectivity index (χ0v) is 16.9. The van der Waals surface area contributed by atoms with Gasteiger partial charge in [0.15, 0.2) is 0 Å². The Morgan fingerprint density at radius 3 is 2.50 bits per heavy atom. The summed E-state index contributed by atoms with van der Waals surface area (Å²) in [6.07, 6.45) is 3.27. The first kappa shape index (κ1) is 19.6. The van der Waals surface area contributed by atoms with E-state index in [1.807, 2.05) is 68.4 Å². The molecule has 30 heavy (non-hydrogen) atoms. The summed E-state index contributed by atoms with van der Waals surface area (Å²) in [7, 11) is 0. The van der Waals surface area contributed by atoms with Crippen molar-refractivity contribution in [1.29, 1.82) is 0 Å². The van der Waals surface area contributed by atoms with Gasteiger partial charge in [-0.05, 0) is 42.7 Å². The van der Waals surface area contributed by atoms with Crippen LogP contribution < -0.4 is 0 Å². The summed E-state index contributed by atoms with van der Waals surface area (Å²) in [6, 6.07) is 18.0. The molecule has 1 N–H and O–H groups in total. The predicted octanol–water partition coefficient (Wildman–Crippen LogP) is 4.32. The Morgan fingerprint density at radius 2 is 1.80 bits per heavy atom. The van der Waals surface area contributed by atoms with Crippen LogP contribution in [0.15, 0.2) is 78.6 Å². The van der Waals surface area contributed by atoms with Gasteiger partial charge in [-0.1, -0.05) is 54.1 Å². The number of likely N-dealkylation sites (tertiary alicyclic amines) is 1. The van der Waals surface area contributed by atoms with Crippen molar-refractivity contribution in [3.63, 3.8) is 0 Å². The van der Waals surface area contributed by atoms with E-state index in [2.05, 4.69) is 4.98 Å². The number of carbonyl (C=O) groups is 2. The Labute approximate surface area is 175 Å². The van der Waals surface area contributed by atoms with Crippen LogP contribution in [0.25, 0.3) is 5.76 Å². The van der Waals surface area contributed by atoms with E-state index in [-0.39, 0.29) is 17.9 Å². The molecule has 2 heterocycles. The number of pyridine rings is 1. The van der Waals surface area contributed by atoms with Crippen molar-refractivity contribution in [2.24, 2.45) is 0 Å². The number of amides is 1. The largest absolute Gasteiger partial charge is 0.507 e. The van der Waals surface area contributed by atoms with E-state index >= 15 is 0 Å². The molecule has 1 atom stereocenters. The van der Waals surface area contributed by atoms with Gasteiger partial charge in [0, 0.05) is 24.5 Å². The first-order chi connectivity index (χ1) is 14.5. The minimum absolute atomic E-state index is 0.0950. The van der Waals surface area contributed by atoms with Gasteiger partial charge in [-0.2, -0.15) is 0 Å². The number of aliphatic hydroxyl groups is 1. The number of aliphatic hydroxyl groups excluding tert-OH is 1. The molecule has 1 aromatic heterocycles. The number of Topliss-reactive ketones (excluding diaryl/α,β-unsaturated/α-hetero) is 1. The number of benzene rings is 2. The zero-order chi connectivity index (χ0) is 21.3. The van der Waals surface area contributed by atoms with Gasteiger partial charge < -0.3 is 10.0 Å². The third kappa shape index (κ3) is 3.50. The molecular weight excluding hydrogens is 376 g/mol. The predicted molar refractivity (Wildman–Crippen MR) is 114 cm³/mol. The average molecular weight is 398 g/mol. The second-order valence-corrected chi connectivity index (χ2v) is 7.52. The molecule has 0 bridgehead atoms. The number of carbonyl (C=O) groups excluding carboxylic acids is 2. The lowest BCUT2D eigenvalue weighted by Gasteiger charge is -2.25. The minimum Gasteiger partial charge on any atom is -0.507 e. The van der Waals surface area contributed by atoms with E-state index in [1.54, 1.807) is 18.5 Å². The van der Waals surface area contributed by atoms with Crippen LogP contribution in [0.2, 0.25) is 0 Å². The average Bonchev–Trinajstić information content (AvgIpc) is 3.01. The quantitative estimate of drug-likeness (QED) is 0.404. The Hall–Kier alpha value is -3.73. The molecule has 0 aliphatic carbocycles. The molecule has 5 heteroatoms. The Balaban J connectivity index is 1.89. The van der Waals surface area contributed by atoms with Gasteiger partial charge in [0.05, 0.1) is 11.6 Å². The second-order valence-electron chi connectivity index (χ2n) is 7.52. The summed E-state index contributed by atoms with van der Waals surface area (Å²) in [4.78, 5) is 31.7. The highest BCUT2D eigenvalue weighted by Crippen LogP contribution is 2.40. The third-order valence-electron chi connectivity index (χ3n) is 5.38. The van der Waals surface area contributed by atoms with Gasteiger partial charge in [0.25, 0.3) is 11.7 Å². The molecule has 150 valence electrons. The lowest BCUT2D eigenvalue weighted by Crippen LogP contribution is -2.29. The normalized spacial score (nSPS) is 18.1. The van der Waals surface area contributed by atoms with Gasteiger partial charge >= 0.3 is 0 Å². The van der Waals surface area contributed by atoms with Crippen molar-refractivity contribution < 1.29 is 14.7 Å². The van der Waals surface area contributed by atoms with Crippen LogP contribution in [-0.4, -0.2) is 26.7 Å². The lowest BCUT2D eigenvalue weighted by atomic mass is 9.94. The van der Waals surface area contributed by atoms with Gasteiger partial charge in [0.2, 0.25) is 0 Å². The minimum atomic E-state index is -0.709. The van der Waals surface area contributed by atoms with Crippen LogP contribution >= 0.6 is 0 Å². The van der Waals surface area contributed by atoms with Gasteiger partial charge in [0.1, 0.15) is 5.76 Å². The van der Waals surface area contributed by atoms with E-state index in [0.717, 1.165) is 16.7 Å². The highest BCUT2D eigenvalue weighted by Gasteiger charge is 2.46. The Morgan fingerprint density at radius 1 is 1.03 bits per heavy atom. The summed E-state index contributed by atoms with van der Waals surface area (Å²) in [5.41, 5.74) is 4.02. The topological polar surface area (TPSA) is 70.5 Å². The smallest absolute Gasteiger partial charge is 0.295 e. The van der Waals surface area contributed by atoms with Crippen molar-refractivity contribution in [2.45, 2.75) is 26.4 Å². The molecule has 1 aliphatic heterocycles. The van der Waals surface area contributed by atoms with Crippen LogP contribution in [0.1, 0.15) is 33.9 Å². The summed E-state index contributed by atoms with van der Waals surface area (Å²) in [5.74, 6) is -1.46. The first-order valence-corrected chi connectivity index (χ1v) is 9.77. The number of rotatable bonds is 4. The molecule has 1 amide bonds. The highest BCUT2D eigenvalue weighted by atomic mass is 16.3. The van der Waals surface area contributed by atoms with E-state index in [0.29, 0.717) is 11.1 Å². The van der Waals surface area contributed by atoms with Crippen molar-refractivity contribution in [2.75, 3.05) is 0 Å². The fourth-order valence-corrected chi connectivity index (χ4v) is 3.84. The third-order valence-corrected chi connectivity index (χ3v) is 5.38. The van der Waals surface area contributed by atoms with E-state index in [9.17, 15) is 14.7 Å². The van der Waals surface area contributed by atoms with E-state index in [1.165, 1.54) is 4.90 Å². The van der Waals surface area contributed by atoms with E-state index < -0.39 is 17.7 Å². The number of nitrogens with zero attached hydrogens (tertiary/aromatic N) is 2. The summed E-state index contributed by atoms with van der Waals surface area (Å²) < 4.78 is 0. The molecule has 2 aromatic carbocycles. The Bertz CT molecular complexity index is 1140. The van der Waals surface area contributed by atoms with Crippen LogP contribution in [0, 0.1) is 13.8 Å². The summed E-state index contributed by atoms with van der Waals surface area (Å²) in [5, 5.41) is 11.2. The van der Waals surface area contributed by atoms with Crippen LogP contribution in [0.4, 0.5) is 0 Å². The monoisotopic (exact) mass is 398 g/mol. The van der Waals surface area contributed by atoms with Crippen LogP contribution in [0.5, 0.6) is 0 Å². The SMILES string of the molecule is Cc1ccc(C)c(C(O)=C2C(=O)C(=O)N(Cc3ccccc3)C2c2cccnc2)c1. The highest BCUT2D eigenvalue weighted by molar-refractivity contribution is 6.46. The molecule has 4 rings (SSSR count). The zero-order valence-electron chi connectivity index (χ0n) is 16.9.